The topological polar surface area (TPSA) is 29.1 Å². The standard InChI is InChI=1S/C17H18FNOS/c1-10-6-7-14-12(8-10)9-15(21-14)17(20)19-16-11(2)4-3-5-13(16)18/h3-5,9-10H,6-8H2,1-2H3,(H,19,20)/t10-/m1/s1. The number of thiophene rings is 1. The molecule has 0 saturated heterocycles. The van der Waals surface area contributed by atoms with Gasteiger partial charge in [0.1, 0.15) is 5.82 Å². The number of amides is 1. The molecule has 0 radical (unpaired) electrons. The van der Waals surface area contributed by atoms with Crippen LogP contribution in [-0.4, -0.2) is 5.91 Å². The largest absolute Gasteiger partial charge is 0.319 e. The van der Waals surface area contributed by atoms with Crippen molar-refractivity contribution in [2.24, 2.45) is 5.92 Å². The molecule has 0 aliphatic heterocycles. The number of halogens is 1. The molecule has 110 valence electrons. The van der Waals surface area contributed by atoms with Crippen LogP contribution < -0.4 is 5.32 Å². The van der Waals surface area contributed by atoms with Crippen LogP contribution in [0.15, 0.2) is 24.3 Å². The molecule has 21 heavy (non-hydrogen) atoms. The zero-order valence-electron chi connectivity index (χ0n) is 12.2. The maximum absolute atomic E-state index is 13.8. The van der Waals surface area contributed by atoms with Gasteiger partial charge in [-0.05, 0) is 55.4 Å². The van der Waals surface area contributed by atoms with Gasteiger partial charge in [-0.15, -0.1) is 11.3 Å². The average molecular weight is 303 g/mol. The Bertz CT molecular complexity index is 672. The van der Waals surface area contributed by atoms with Crippen LogP contribution in [0.25, 0.3) is 0 Å². The summed E-state index contributed by atoms with van der Waals surface area (Å²) >= 11 is 1.54. The highest BCUT2D eigenvalue weighted by Gasteiger charge is 2.21. The molecule has 0 bridgehead atoms. The summed E-state index contributed by atoms with van der Waals surface area (Å²) in [4.78, 5) is 14.3. The zero-order chi connectivity index (χ0) is 15.0. The van der Waals surface area contributed by atoms with Crippen LogP contribution in [0.3, 0.4) is 0 Å². The first-order valence-corrected chi connectivity index (χ1v) is 8.04. The summed E-state index contributed by atoms with van der Waals surface area (Å²) in [5, 5.41) is 2.71. The Morgan fingerprint density at radius 3 is 3.00 bits per heavy atom. The third kappa shape index (κ3) is 2.86. The first kappa shape index (κ1) is 14.3. The predicted molar refractivity (Wildman–Crippen MR) is 84.6 cm³/mol. The molecule has 1 atom stereocenters. The number of hydrogen-bond acceptors (Lipinski definition) is 2. The molecule has 1 amide bonds. The van der Waals surface area contributed by atoms with E-state index in [0.29, 0.717) is 10.8 Å². The smallest absolute Gasteiger partial charge is 0.265 e. The number of fused-ring (bicyclic) bond motifs is 1. The minimum absolute atomic E-state index is 0.213. The molecular weight excluding hydrogens is 285 g/mol. The van der Waals surface area contributed by atoms with Gasteiger partial charge in [-0.1, -0.05) is 19.1 Å². The fourth-order valence-corrected chi connectivity index (χ4v) is 3.89. The quantitative estimate of drug-likeness (QED) is 0.865. The lowest BCUT2D eigenvalue weighted by Gasteiger charge is -2.16. The number of rotatable bonds is 2. The number of carbonyl (C=O) groups excluding carboxylic acids is 1. The van der Waals surface area contributed by atoms with E-state index < -0.39 is 5.82 Å². The lowest BCUT2D eigenvalue weighted by molar-refractivity contribution is 0.103. The van der Waals surface area contributed by atoms with Crippen molar-refractivity contribution < 1.29 is 9.18 Å². The number of carbonyl (C=O) groups is 1. The minimum atomic E-state index is -0.390. The molecule has 4 heteroatoms. The van der Waals surface area contributed by atoms with Gasteiger partial charge in [0.25, 0.3) is 5.91 Å². The maximum atomic E-state index is 13.8. The first-order chi connectivity index (χ1) is 10.0. The van der Waals surface area contributed by atoms with Gasteiger partial charge in [-0.3, -0.25) is 4.79 Å². The molecule has 1 N–H and O–H groups in total. The average Bonchev–Trinajstić information content (AvgIpc) is 2.86. The fourth-order valence-electron chi connectivity index (χ4n) is 2.78. The molecule has 0 spiro atoms. The number of anilines is 1. The first-order valence-electron chi connectivity index (χ1n) is 7.22. The van der Waals surface area contributed by atoms with E-state index in [1.54, 1.807) is 30.4 Å². The van der Waals surface area contributed by atoms with Gasteiger partial charge in [-0.25, -0.2) is 4.39 Å². The molecule has 0 fully saturated rings. The number of hydrogen-bond donors (Lipinski definition) is 1. The summed E-state index contributed by atoms with van der Waals surface area (Å²) in [7, 11) is 0. The fraction of sp³-hybridized carbons (Fsp3) is 0.353. The van der Waals surface area contributed by atoms with Crippen molar-refractivity contribution in [2.45, 2.75) is 33.1 Å². The monoisotopic (exact) mass is 303 g/mol. The Balaban J connectivity index is 1.83. The number of aryl methyl sites for hydroxylation is 2. The summed E-state index contributed by atoms with van der Waals surface area (Å²) in [6, 6.07) is 6.77. The van der Waals surface area contributed by atoms with Gasteiger partial charge in [0, 0.05) is 4.88 Å². The van der Waals surface area contributed by atoms with Crippen molar-refractivity contribution >= 4 is 22.9 Å². The van der Waals surface area contributed by atoms with Crippen molar-refractivity contribution in [1.29, 1.82) is 0 Å². The van der Waals surface area contributed by atoms with Crippen LogP contribution in [0.1, 0.15) is 39.0 Å². The molecular formula is C17H18FNOS. The van der Waals surface area contributed by atoms with Crippen LogP contribution in [-0.2, 0) is 12.8 Å². The summed E-state index contributed by atoms with van der Waals surface area (Å²) < 4.78 is 13.8. The van der Waals surface area contributed by atoms with E-state index in [1.807, 2.05) is 6.07 Å². The molecule has 1 aliphatic carbocycles. The molecule has 1 aliphatic rings. The number of nitrogens with one attached hydrogen (secondary N) is 1. The Kier molecular flexibility index (Phi) is 3.81. The maximum Gasteiger partial charge on any atom is 0.265 e. The van der Waals surface area contributed by atoms with Gasteiger partial charge in [0.15, 0.2) is 0 Å². The SMILES string of the molecule is Cc1cccc(F)c1NC(=O)c1cc2c(s1)CC[C@@H](C)C2. The summed E-state index contributed by atoms with van der Waals surface area (Å²) in [5.74, 6) is 0.0744. The Hall–Kier alpha value is -1.68. The molecule has 2 nitrogen and oxygen atoms in total. The zero-order valence-corrected chi connectivity index (χ0v) is 13.0. The third-order valence-corrected chi connectivity index (χ3v) is 5.25. The molecule has 2 aromatic rings. The normalized spacial score (nSPS) is 17.4. The van der Waals surface area contributed by atoms with Gasteiger partial charge >= 0.3 is 0 Å². The lowest BCUT2D eigenvalue weighted by atomic mass is 9.90. The van der Waals surface area contributed by atoms with Gasteiger partial charge < -0.3 is 5.32 Å². The summed E-state index contributed by atoms with van der Waals surface area (Å²) in [6.07, 6.45) is 3.27. The minimum Gasteiger partial charge on any atom is -0.319 e. The van der Waals surface area contributed by atoms with Crippen molar-refractivity contribution in [3.05, 3.63) is 51.0 Å². The molecule has 0 unspecified atom stereocenters. The number of benzene rings is 1. The molecule has 3 rings (SSSR count). The third-order valence-electron chi connectivity index (χ3n) is 4.01. The predicted octanol–water partition coefficient (Wildman–Crippen LogP) is 4.57. The van der Waals surface area contributed by atoms with E-state index >= 15 is 0 Å². The highest BCUT2D eigenvalue weighted by Crippen LogP contribution is 2.32. The second kappa shape index (κ2) is 5.60. The summed E-state index contributed by atoms with van der Waals surface area (Å²) in [5.41, 5.74) is 2.30. The van der Waals surface area contributed by atoms with Crippen molar-refractivity contribution in [3.63, 3.8) is 0 Å². The van der Waals surface area contributed by atoms with Gasteiger partial charge in [-0.2, -0.15) is 0 Å². The van der Waals surface area contributed by atoms with Crippen molar-refractivity contribution in [1.82, 2.24) is 0 Å². The Labute approximate surface area is 128 Å². The van der Waals surface area contributed by atoms with Crippen LogP contribution in [0.5, 0.6) is 0 Å². The molecule has 1 aromatic heterocycles. The Morgan fingerprint density at radius 1 is 1.43 bits per heavy atom. The second-order valence-corrected chi connectivity index (χ2v) is 6.93. The van der Waals surface area contributed by atoms with E-state index in [0.717, 1.165) is 18.4 Å². The second-order valence-electron chi connectivity index (χ2n) is 5.79. The highest BCUT2D eigenvalue weighted by atomic mass is 32.1. The molecule has 1 heterocycles. The van der Waals surface area contributed by atoms with E-state index in [2.05, 4.69) is 12.2 Å². The van der Waals surface area contributed by atoms with E-state index in [4.69, 9.17) is 0 Å². The molecule has 1 aromatic carbocycles. The Morgan fingerprint density at radius 2 is 2.24 bits per heavy atom. The van der Waals surface area contributed by atoms with Gasteiger partial charge in [0.2, 0.25) is 0 Å². The van der Waals surface area contributed by atoms with Crippen LogP contribution in [0.2, 0.25) is 0 Å². The van der Waals surface area contributed by atoms with Crippen molar-refractivity contribution in [2.75, 3.05) is 5.32 Å². The van der Waals surface area contributed by atoms with E-state index in [1.165, 1.54) is 22.9 Å². The van der Waals surface area contributed by atoms with Gasteiger partial charge in [0.05, 0.1) is 10.6 Å². The highest BCUT2D eigenvalue weighted by molar-refractivity contribution is 7.14. The van der Waals surface area contributed by atoms with Crippen molar-refractivity contribution in [3.8, 4) is 0 Å². The van der Waals surface area contributed by atoms with Crippen LogP contribution in [0.4, 0.5) is 10.1 Å². The molecule has 0 saturated carbocycles. The van der Waals surface area contributed by atoms with E-state index in [-0.39, 0.29) is 11.6 Å². The van der Waals surface area contributed by atoms with Crippen LogP contribution in [0, 0.1) is 18.7 Å². The van der Waals surface area contributed by atoms with Crippen LogP contribution >= 0.6 is 11.3 Å². The summed E-state index contributed by atoms with van der Waals surface area (Å²) in [6.45, 7) is 4.03. The lowest BCUT2D eigenvalue weighted by Crippen LogP contribution is -2.12. The number of para-hydroxylation sites is 1. The van der Waals surface area contributed by atoms with E-state index in [9.17, 15) is 9.18 Å².